The van der Waals surface area contributed by atoms with Crippen molar-refractivity contribution in [1.29, 1.82) is 5.26 Å². The Balaban J connectivity index is 1.87. The van der Waals surface area contributed by atoms with Crippen LogP contribution < -0.4 is 20.8 Å². The molecule has 0 radical (unpaired) electrons. The number of rotatable bonds is 4. The van der Waals surface area contributed by atoms with Crippen molar-refractivity contribution in [1.82, 2.24) is 4.57 Å². The molecule has 1 saturated heterocycles. The highest BCUT2D eigenvalue weighted by molar-refractivity contribution is 5.97. The van der Waals surface area contributed by atoms with Crippen molar-refractivity contribution in [3.05, 3.63) is 33.9 Å². The molecule has 152 valence electrons. The van der Waals surface area contributed by atoms with Crippen LogP contribution in [0, 0.1) is 23.1 Å². The zero-order valence-corrected chi connectivity index (χ0v) is 15.9. The quantitative estimate of drug-likeness (QED) is 0.803. The molecule has 2 aliphatic heterocycles. The molecule has 9 heteroatoms. The number of carbonyl (C=O) groups is 1. The summed E-state index contributed by atoms with van der Waals surface area (Å²) < 4.78 is 22.7. The second-order valence-corrected chi connectivity index (χ2v) is 7.70. The number of nitrogens with two attached hydrogens (primary N) is 1. The van der Waals surface area contributed by atoms with Gasteiger partial charge in [0.15, 0.2) is 11.6 Å². The van der Waals surface area contributed by atoms with Crippen LogP contribution in [0.25, 0.3) is 10.9 Å². The first kappa shape index (κ1) is 19.2. The Kier molecular flexibility index (Phi) is 4.67. The summed E-state index contributed by atoms with van der Waals surface area (Å²) in [5, 5.41) is 18.2. The van der Waals surface area contributed by atoms with Crippen molar-refractivity contribution in [2.45, 2.75) is 31.8 Å². The van der Waals surface area contributed by atoms with Crippen LogP contribution in [-0.4, -0.2) is 41.4 Å². The lowest BCUT2D eigenvalue weighted by Gasteiger charge is -2.31. The molecular formula is C20H21FN4O4. The number of anilines is 1. The van der Waals surface area contributed by atoms with E-state index in [1.807, 2.05) is 11.8 Å². The van der Waals surface area contributed by atoms with Crippen molar-refractivity contribution in [2.24, 2.45) is 11.7 Å². The van der Waals surface area contributed by atoms with Gasteiger partial charge >= 0.3 is 5.97 Å². The van der Waals surface area contributed by atoms with Crippen molar-refractivity contribution in [3.8, 4) is 11.8 Å². The van der Waals surface area contributed by atoms with E-state index in [4.69, 9.17) is 15.7 Å². The monoisotopic (exact) mass is 400 g/mol. The maximum Gasteiger partial charge on any atom is 0.341 e. The molecule has 2 aliphatic rings. The SMILES string of the molecule is CC1COc2c(N3CCC(C(N)CC#N)C3)c(F)cc3c(=O)c(C(=O)O)cn1c23. The topological polar surface area (TPSA) is 122 Å². The minimum absolute atomic E-state index is 0.00960. The van der Waals surface area contributed by atoms with Gasteiger partial charge in [0.1, 0.15) is 17.9 Å². The van der Waals surface area contributed by atoms with Crippen molar-refractivity contribution in [3.63, 3.8) is 0 Å². The van der Waals surface area contributed by atoms with Crippen molar-refractivity contribution >= 4 is 22.6 Å². The Morgan fingerprint density at radius 1 is 1.55 bits per heavy atom. The van der Waals surface area contributed by atoms with Crippen LogP contribution in [0.5, 0.6) is 5.75 Å². The van der Waals surface area contributed by atoms with Gasteiger partial charge in [0, 0.05) is 25.3 Å². The first-order valence-corrected chi connectivity index (χ1v) is 9.48. The summed E-state index contributed by atoms with van der Waals surface area (Å²) >= 11 is 0. The second-order valence-electron chi connectivity index (χ2n) is 7.70. The molecule has 1 aromatic heterocycles. The number of hydrogen-bond donors (Lipinski definition) is 2. The van der Waals surface area contributed by atoms with E-state index >= 15 is 4.39 Å². The fourth-order valence-electron chi connectivity index (χ4n) is 4.27. The maximum atomic E-state index is 15.2. The Bertz CT molecular complexity index is 1110. The summed E-state index contributed by atoms with van der Waals surface area (Å²) in [5.41, 5.74) is 5.60. The highest BCUT2D eigenvalue weighted by Gasteiger charge is 2.34. The van der Waals surface area contributed by atoms with Crippen LogP contribution in [-0.2, 0) is 0 Å². The van der Waals surface area contributed by atoms with Gasteiger partial charge in [0.2, 0.25) is 5.43 Å². The lowest BCUT2D eigenvalue weighted by atomic mass is 9.98. The van der Waals surface area contributed by atoms with E-state index in [2.05, 4.69) is 6.07 Å². The average Bonchev–Trinajstić information content (AvgIpc) is 3.15. The maximum absolute atomic E-state index is 15.2. The Morgan fingerprint density at radius 2 is 2.31 bits per heavy atom. The molecule has 3 atom stereocenters. The zero-order valence-electron chi connectivity index (χ0n) is 15.9. The van der Waals surface area contributed by atoms with Crippen molar-refractivity contribution < 1.29 is 19.0 Å². The highest BCUT2D eigenvalue weighted by Crippen LogP contribution is 2.43. The molecule has 3 heterocycles. The van der Waals surface area contributed by atoms with Gasteiger partial charge in [-0.25, -0.2) is 9.18 Å². The van der Waals surface area contributed by atoms with Gasteiger partial charge in [-0.3, -0.25) is 4.79 Å². The van der Waals surface area contributed by atoms with E-state index in [9.17, 15) is 14.7 Å². The van der Waals surface area contributed by atoms with Crippen LogP contribution in [0.3, 0.4) is 0 Å². The molecule has 4 rings (SSSR count). The number of nitrogens with zero attached hydrogens (tertiary/aromatic N) is 3. The molecule has 0 bridgehead atoms. The number of carboxylic acids is 1. The van der Waals surface area contributed by atoms with E-state index in [0.29, 0.717) is 18.6 Å². The number of aromatic nitrogens is 1. The van der Waals surface area contributed by atoms with E-state index in [-0.39, 0.29) is 47.9 Å². The van der Waals surface area contributed by atoms with Crippen LogP contribution in [0.1, 0.15) is 36.2 Å². The molecule has 29 heavy (non-hydrogen) atoms. The predicted octanol–water partition coefficient (Wildman–Crippen LogP) is 1.86. The summed E-state index contributed by atoms with van der Waals surface area (Å²) in [6.45, 7) is 3.10. The number of carboxylic acid groups (broad SMARTS) is 1. The van der Waals surface area contributed by atoms with Gasteiger partial charge in [-0.05, 0) is 25.3 Å². The van der Waals surface area contributed by atoms with E-state index in [0.717, 1.165) is 12.5 Å². The number of hydrogen-bond acceptors (Lipinski definition) is 6. The van der Waals surface area contributed by atoms with E-state index < -0.39 is 22.8 Å². The number of benzene rings is 1. The molecule has 2 aromatic rings. The van der Waals surface area contributed by atoms with E-state index in [1.54, 1.807) is 4.57 Å². The standard InChI is InChI=1S/C20H21FN4O4/c1-10-9-29-19-16-12(18(26)13(20(27)28)8-25(10)16)6-14(21)17(19)24-5-3-11(7-24)15(23)2-4-22/h6,8,10-11,15H,2-3,5,7,9,23H2,1H3,(H,27,28). The molecule has 0 spiro atoms. The highest BCUT2D eigenvalue weighted by atomic mass is 19.1. The predicted molar refractivity (Wildman–Crippen MR) is 104 cm³/mol. The third kappa shape index (κ3) is 3.00. The molecule has 3 N–H and O–H groups in total. The number of ether oxygens (including phenoxy) is 1. The molecule has 0 amide bonds. The molecule has 1 aromatic carbocycles. The first-order chi connectivity index (χ1) is 13.8. The Labute approximate surface area is 165 Å². The van der Waals surface area contributed by atoms with Gasteiger partial charge < -0.3 is 25.0 Å². The number of halogens is 1. The summed E-state index contributed by atoms with van der Waals surface area (Å²) in [7, 11) is 0. The summed E-state index contributed by atoms with van der Waals surface area (Å²) in [6.07, 6.45) is 2.26. The van der Waals surface area contributed by atoms with Crippen LogP contribution >= 0.6 is 0 Å². The van der Waals surface area contributed by atoms with Crippen LogP contribution in [0.2, 0.25) is 0 Å². The smallest absolute Gasteiger partial charge is 0.341 e. The fourth-order valence-corrected chi connectivity index (χ4v) is 4.27. The molecule has 8 nitrogen and oxygen atoms in total. The first-order valence-electron chi connectivity index (χ1n) is 9.48. The third-order valence-corrected chi connectivity index (χ3v) is 5.85. The summed E-state index contributed by atoms with van der Waals surface area (Å²) in [5.74, 6) is -1.68. The molecule has 1 fully saturated rings. The average molecular weight is 400 g/mol. The van der Waals surface area contributed by atoms with Crippen LogP contribution in [0.4, 0.5) is 10.1 Å². The van der Waals surface area contributed by atoms with Gasteiger partial charge in [0.05, 0.1) is 29.4 Å². The summed E-state index contributed by atoms with van der Waals surface area (Å²) in [4.78, 5) is 26.0. The zero-order chi connectivity index (χ0) is 20.9. The van der Waals surface area contributed by atoms with Gasteiger partial charge in [-0.1, -0.05) is 0 Å². The van der Waals surface area contributed by atoms with Gasteiger partial charge in [-0.2, -0.15) is 5.26 Å². The Morgan fingerprint density at radius 3 is 3.00 bits per heavy atom. The van der Waals surface area contributed by atoms with Crippen molar-refractivity contribution in [2.75, 3.05) is 24.6 Å². The fraction of sp³-hybridized carbons (Fsp3) is 0.450. The van der Waals surface area contributed by atoms with Crippen LogP contribution in [0.15, 0.2) is 17.1 Å². The summed E-state index contributed by atoms with van der Waals surface area (Å²) in [6, 6.07) is 2.67. The molecule has 0 aliphatic carbocycles. The molecule has 3 unspecified atom stereocenters. The third-order valence-electron chi connectivity index (χ3n) is 5.85. The van der Waals surface area contributed by atoms with E-state index in [1.165, 1.54) is 6.20 Å². The van der Waals surface area contributed by atoms with Gasteiger partial charge in [-0.15, -0.1) is 0 Å². The minimum atomic E-state index is -1.35. The van der Waals surface area contributed by atoms with Gasteiger partial charge in [0.25, 0.3) is 0 Å². The lowest BCUT2D eigenvalue weighted by molar-refractivity contribution is 0.0694. The number of pyridine rings is 1. The largest absolute Gasteiger partial charge is 0.487 e. The second kappa shape index (κ2) is 7.04. The Hall–Kier alpha value is -3.12. The number of aromatic carboxylic acids is 1. The number of nitriles is 1. The lowest BCUT2D eigenvalue weighted by Crippen LogP contribution is -2.33. The molecular weight excluding hydrogens is 379 g/mol. The normalized spacial score (nSPS) is 21.7. The molecule has 0 saturated carbocycles. The minimum Gasteiger partial charge on any atom is -0.487 e.